The van der Waals surface area contributed by atoms with Crippen molar-refractivity contribution in [1.82, 2.24) is 14.8 Å². The lowest BCUT2D eigenvalue weighted by Crippen LogP contribution is -2.36. The molecule has 2 aromatic rings. The van der Waals surface area contributed by atoms with E-state index in [1.165, 1.54) is 0 Å². The normalized spacial score (nSPS) is 10.7. The predicted molar refractivity (Wildman–Crippen MR) is 88.7 cm³/mol. The average Bonchev–Trinajstić information content (AvgIpc) is 2.52. The molecule has 0 aliphatic rings. The number of likely N-dealkylation sites (N-methyl/N-ethyl adjacent to an activating group) is 1. The molecule has 1 heterocycles. The summed E-state index contributed by atoms with van der Waals surface area (Å²) in [6, 6.07) is 13.5. The summed E-state index contributed by atoms with van der Waals surface area (Å²) in [5.74, 6) is 0.0486. The number of pyridine rings is 1. The predicted octanol–water partition coefficient (Wildman–Crippen LogP) is 2.59. The summed E-state index contributed by atoms with van der Waals surface area (Å²) in [5.41, 5.74) is 2.78. The number of benzene rings is 1. The molecule has 0 radical (unpaired) electrons. The Morgan fingerprint density at radius 1 is 1.05 bits per heavy atom. The zero-order valence-corrected chi connectivity index (χ0v) is 13.5. The molecule has 4 nitrogen and oxygen atoms in total. The molecule has 1 aromatic carbocycles. The van der Waals surface area contributed by atoms with Gasteiger partial charge in [0, 0.05) is 24.8 Å². The molecule has 0 bridgehead atoms. The van der Waals surface area contributed by atoms with Crippen molar-refractivity contribution in [3.8, 4) is 0 Å². The summed E-state index contributed by atoms with van der Waals surface area (Å²) in [5, 5.41) is 0. The van der Waals surface area contributed by atoms with Crippen molar-refractivity contribution >= 4 is 5.91 Å². The number of hydrogen-bond acceptors (Lipinski definition) is 3. The van der Waals surface area contributed by atoms with Crippen LogP contribution in [-0.2, 0) is 6.54 Å². The van der Waals surface area contributed by atoms with Gasteiger partial charge in [0.2, 0.25) is 0 Å². The number of aromatic nitrogens is 1. The van der Waals surface area contributed by atoms with Crippen molar-refractivity contribution in [2.45, 2.75) is 13.5 Å². The number of hydrogen-bond donors (Lipinski definition) is 0. The first-order valence-electron chi connectivity index (χ1n) is 7.47. The molecule has 0 aliphatic carbocycles. The van der Waals surface area contributed by atoms with Crippen LogP contribution in [0, 0.1) is 6.92 Å². The Morgan fingerprint density at radius 3 is 2.36 bits per heavy atom. The van der Waals surface area contributed by atoms with Crippen molar-refractivity contribution in [3.05, 3.63) is 65.5 Å². The maximum Gasteiger partial charge on any atom is 0.254 e. The standard InChI is InChI=1S/C18H23N3O/c1-15-7-9-16(10-8-15)18(22)21(13-12-20(2)3)14-17-6-4-5-11-19-17/h4-11H,12-14H2,1-3H3. The van der Waals surface area contributed by atoms with Gasteiger partial charge in [0.1, 0.15) is 0 Å². The maximum atomic E-state index is 12.8. The summed E-state index contributed by atoms with van der Waals surface area (Å²) in [7, 11) is 4.02. The Balaban J connectivity index is 2.15. The fourth-order valence-electron chi connectivity index (χ4n) is 2.14. The van der Waals surface area contributed by atoms with Gasteiger partial charge in [-0.15, -0.1) is 0 Å². The quantitative estimate of drug-likeness (QED) is 0.822. The van der Waals surface area contributed by atoms with Crippen LogP contribution < -0.4 is 0 Å². The highest BCUT2D eigenvalue weighted by atomic mass is 16.2. The lowest BCUT2D eigenvalue weighted by atomic mass is 10.1. The highest BCUT2D eigenvalue weighted by Gasteiger charge is 2.16. The molecule has 0 unspecified atom stereocenters. The molecule has 0 saturated heterocycles. The van der Waals surface area contributed by atoms with E-state index in [9.17, 15) is 4.79 Å². The van der Waals surface area contributed by atoms with Gasteiger partial charge in [-0.3, -0.25) is 9.78 Å². The van der Waals surface area contributed by atoms with E-state index in [0.717, 1.165) is 23.4 Å². The van der Waals surface area contributed by atoms with E-state index in [1.807, 2.05) is 68.4 Å². The zero-order valence-electron chi connectivity index (χ0n) is 13.5. The van der Waals surface area contributed by atoms with Crippen LogP contribution in [0.15, 0.2) is 48.7 Å². The lowest BCUT2D eigenvalue weighted by Gasteiger charge is -2.24. The van der Waals surface area contributed by atoms with Crippen molar-refractivity contribution in [3.63, 3.8) is 0 Å². The number of carbonyl (C=O) groups is 1. The molecule has 22 heavy (non-hydrogen) atoms. The SMILES string of the molecule is Cc1ccc(C(=O)N(CCN(C)C)Cc2ccccn2)cc1. The Kier molecular flexibility index (Phi) is 5.67. The van der Waals surface area contributed by atoms with Gasteiger partial charge in [-0.05, 0) is 45.3 Å². The molecular formula is C18H23N3O. The molecule has 1 amide bonds. The van der Waals surface area contributed by atoms with Crippen LogP contribution >= 0.6 is 0 Å². The fraction of sp³-hybridized carbons (Fsp3) is 0.333. The van der Waals surface area contributed by atoms with Crippen LogP contribution in [0.4, 0.5) is 0 Å². The minimum absolute atomic E-state index is 0.0486. The molecule has 0 atom stereocenters. The van der Waals surface area contributed by atoms with E-state index < -0.39 is 0 Å². The number of amides is 1. The second kappa shape index (κ2) is 7.71. The van der Waals surface area contributed by atoms with E-state index in [4.69, 9.17) is 0 Å². The summed E-state index contributed by atoms with van der Waals surface area (Å²) in [6.45, 7) is 4.05. The van der Waals surface area contributed by atoms with Crippen molar-refractivity contribution in [2.75, 3.05) is 27.2 Å². The molecule has 0 aliphatic heterocycles. The maximum absolute atomic E-state index is 12.8. The third kappa shape index (κ3) is 4.67. The number of aryl methyl sites for hydroxylation is 1. The lowest BCUT2D eigenvalue weighted by molar-refractivity contribution is 0.0730. The highest BCUT2D eigenvalue weighted by Crippen LogP contribution is 2.10. The molecule has 116 valence electrons. The first-order chi connectivity index (χ1) is 10.6. The van der Waals surface area contributed by atoms with Gasteiger partial charge in [-0.2, -0.15) is 0 Å². The van der Waals surface area contributed by atoms with E-state index in [-0.39, 0.29) is 5.91 Å². The Bertz CT molecular complexity index is 593. The number of rotatable bonds is 6. The molecule has 0 N–H and O–H groups in total. The molecular weight excluding hydrogens is 274 g/mol. The Morgan fingerprint density at radius 2 is 1.77 bits per heavy atom. The van der Waals surface area contributed by atoms with Crippen LogP contribution in [0.1, 0.15) is 21.6 Å². The molecule has 0 fully saturated rings. The topological polar surface area (TPSA) is 36.4 Å². The highest BCUT2D eigenvalue weighted by molar-refractivity contribution is 5.94. The van der Waals surface area contributed by atoms with Crippen LogP contribution in [-0.4, -0.2) is 47.9 Å². The second-order valence-corrected chi connectivity index (χ2v) is 5.72. The van der Waals surface area contributed by atoms with Crippen LogP contribution in [0.5, 0.6) is 0 Å². The van der Waals surface area contributed by atoms with E-state index >= 15 is 0 Å². The minimum atomic E-state index is 0.0486. The minimum Gasteiger partial charge on any atom is -0.331 e. The summed E-state index contributed by atoms with van der Waals surface area (Å²) >= 11 is 0. The molecule has 4 heteroatoms. The fourth-order valence-corrected chi connectivity index (χ4v) is 2.14. The first-order valence-corrected chi connectivity index (χ1v) is 7.47. The Labute approximate surface area is 132 Å². The van der Waals surface area contributed by atoms with E-state index in [1.54, 1.807) is 6.20 Å². The summed E-state index contributed by atoms with van der Waals surface area (Å²) < 4.78 is 0. The van der Waals surface area contributed by atoms with Gasteiger partial charge in [-0.1, -0.05) is 23.8 Å². The molecule has 2 rings (SSSR count). The zero-order chi connectivity index (χ0) is 15.9. The number of carbonyl (C=O) groups excluding carboxylic acids is 1. The number of nitrogens with zero attached hydrogens (tertiary/aromatic N) is 3. The van der Waals surface area contributed by atoms with Crippen molar-refractivity contribution in [1.29, 1.82) is 0 Å². The van der Waals surface area contributed by atoms with Crippen molar-refractivity contribution in [2.24, 2.45) is 0 Å². The molecule has 0 spiro atoms. The van der Waals surface area contributed by atoms with Gasteiger partial charge in [0.15, 0.2) is 0 Å². The van der Waals surface area contributed by atoms with E-state index in [0.29, 0.717) is 13.1 Å². The average molecular weight is 297 g/mol. The van der Waals surface area contributed by atoms with Gasteiger partial charge in [-0.25, -0.2) is 0 Å². The molecule has 1 aromatic heterocycles. The first kappa shape index (κ1) is 16.2. The van der Waals surface area contributed by atoms with E-state index in [2.05, 4.69) is 9.88 Å². The van der Waals surface area contributed by atoms with Gasteiger partial charge in [0.25, 0.3) is 5.91 Å². The summed E-state index contributed by atoms with van der Waals surface area (Å²) in [4.78, 5) is 21.0. The monoisotopic (exact) mass is 297 g/mol. The molecule has 0 saturated carbocycles. The van der Waals surface area contributed by atoms with Crippen LogP contribution in [0.2, 0.25) is 0 Å². The van der Waals surface area contributed by atoms with Gasteiger partial charge >= 0.3 is 0 Å². The largest absolute Gasteiger partial charge is 0.331 e. The summed E-state index contributed by atoms with van der Waals surface area (Å²) in [6.07, 6.45) is 1.76. The third-order valence-corrected chi connectivity index (χ3v) is 3.48. The smallest absolute Gasteiger partial charge is 0.254 e. The van der Waals surface area contributed by atoms with Crippen LogP contribution in [0.25, 0.3) is 0 Å². The van der Waals surface area contributed by atoms with Gasteiger partial charge < -0.3 is 9.80 Å². The van der Waals surface area contributed by atoms with Crippen molar-refractivity contribution < 1.29 is 4.79 Å². The third-order valence-electron chi connectivity index (χ3n) is 3.48. The van der Waals surface area contributed by atoms with Crippen LogP contribution in [0.3, 0.4) is 0 Å². The second-order valence-electron chi connectivity index (χ2n) is 5.72. The Hall–Kier alpha value is -2.20. The van der Waals surface area contributed by atoms with Gasteiger partial charge in [0.05, 0.1) is 12.2 Å².